The Hall–Kier alpha value is -0.340. The molecule has 0 aromatic rings. The molecule has 2 saturated heterocycles. The molecule has 1 saturated carbocycles. The van der Waals surface area contributed by atoms with Crippen molar-refractivity contribution in [2.24, 2.45) is 17.6 Å². The summed E-state index contributed by atoms with van der Waals surface area (Å²) in [6.07, 6.45) is 4.92. The van der Waals surface area contributed by atoms with Crippen molar-refractivity contribution in [1.29, 1.82) is 0 Å². The molecule has 2 nitrogen and oxygen atoms in total. The fraction of sp³-hybridized carbons (Fsp3) is 0.846. The molecule has 0 spiro atoms. The number of hydrogen-bond donors (Lipinski definition) is 1. The summed E-state index contributed by atoms with van der Waals surface area (Å²) < 4.78 is 0. The van der Waals surface area contributed by atoms with Gasteiger partial charge in [-0.1, -0.05) is 26.0 Å². The lowest BCUT2D eigenvalue weighted by atomic mass is 9.81. The predicted molar refractivity (Wildman–Crippen MR) is 62.3 cm³/mol. The molecular formula is C13H22N2. The number of nitrogens with zero attached hydrogens (tertiary/aromatic N) is 1. The smallest absolute Gasteiger partial charge is 0.0729 e. The fourth-order valence-corrected chi connectivity index (χ4v) is 4.08. The quantitative estimate of drug-likeness (QED) is 0.701. The zero-order valence-electron chi connectivity index (χ0n) is 9.92. The maximum atomic E-state index is 6.44. The summed E-state index contributed by atoms with van der Waals surface area (Å²) in [5, 5.41) is 0. The summed E-state index contributed by atoms with van der Waals surface area (Å²) in [5.41, 5.74) is 8.24. The summed E-state index contributed by atoms with van der Waals surface area (Å²) >= 11 is 0. The van der Waals surface area contributed by atoms with Crippen LogP contribution in [0.2, 0.25) is 0 Å². The van der Waals surface area contributed by atoms with Crippen LogP contribution >= 0.6 is 0 Å². The molecule has 3 rings (SSSR count). The van der Waals surface area contributed by atoms with Crippen LogP contribution in [0.25, 0.3) is 0 Å². The summed E-state index contributed by atoms with van der Waals surface area (Å²) in [6, 6.07) is 0. The van der Waals surface area contributed by atoms with Gasteiger partial charge in [0.1, 0.15) is 0 Å². The number of rotatable bonds is 2. The molecule has 2 aliphatic heterocycles. The molecule has 0 radical (unpaired) electrons. The molecule has 2 heterocycles. The van der Waals surface area contributed by atoms with Crippen molar-refractivity contribution in [3.05, 3.63) is 12.2 Å². The normalized spacial score (nSPS) is 48.5. The van der Waals surface area contributed by atoms with Crippen molar-refractivity contribution in [2.75, 3.05) is 6.54 Å². The second-order valence-electron chi connectivity index (χ2n) is 6.23. The van der Waals surface area contributed by atoms with Gasteiger partial charge in [-0.2, -0.15) is 0 Å². The van der Waals surface area contributed by atoms with E-state index < -0.39 is 0 Å². The third kappa shape index (κ3) is 1.07. The number of hydrogen-bond acceptors (Lipinski definition) is 2. The summed E-state index contributed by atoms with van der Waals surface area (Å²) in [7, 11) is 0. The first-order chi connectivity index (χ1) is 6.99. The van der Waals surface area contributed by atoms with Crippen molar-refractivity contribution in [3.63, 3.8) is 0 Å². The first-order valence-electron chi connectivity index (χ1n) is 6.24. The number of piperidine rings is 1. The van der Waals surface area contributed by atoms with Crippen LogP contribution in [-0.2, 0) is 0 Å². The van der Waals surface area contributed by atoms with Crippen molar-refractivity contribution in [2.45, 2.75) is 50.7 Å². The van der Waals surface area contributed by atoms with E-state index in [0.29, 0.717) is 0 Å². The molecule has 15 heavy (non-hydrogen) atoms. The molecule has 2 heteroatoms. The van der Waals surface area contributed by atoms with E-state index in [1.807, 2.05) is 0 Å². The Morgan fingerprint density at radius 2 is 2.27 bits per heavy atom. The molecule has 3 unspecified atom stereocenters. The van der Waals surface area contributed by atoms with Crippen LogP contribution in [0.5, 0.6) is 0 Å². The van der Waals surface area contributed by atoms with E-state index in [4.69, 9.17) is 5.73 Å². The van der Waals surface area contributed by atoms with E-state index in [0.717, 1.165) is 18.4 Å². The largest absolute Gasteiger partial charge is 0.313 e. The van der Waals surface area contributed by atoms with Crippen LogP contribution in [0.15, 0.2) is 12.2 Å². The third-order valence-electron chi connectivity index (χ3n) is 4.76. The highest BCUT2D eigenvalue weighted by molar-refractivity contribution is 5.34. The molecule has 3 fully saturated rings. The Morgan fingerprint density at radius 3 is 2.93 bits per heavy atom. The second-order valence-corrected chi connectivity index (χ2v) is 6.23. The summed E-state index contributed by atoms with van der Waals surface area (Å²) in [5.74, 6) is 1.50. The van der Waals surface area contributed by atoms with Gasteiger partial charge in [0.15, 0.2) is 0 Å². The highest BCUT2D eigenvalue weighted by Crippen LogP contribution is 2.64. The van der Waals surface area contributed by atoms with E-state index in [1.165, 1.54) is 31.3 Å². The minimum absolute atomic E-state index is 0.0638. The average molecular weight is 206 g/mol. The number of fused-ring (bicyclic) bond motifs is 3. The van der Waals surface area contributed by atoms with Crippen LogP contribution in [0.3, 0.4) is 0 Å². The molecule has 3 aliphatic rings. The van der Waals surface area contributed by atoms with Crippen molar-refractivity contribution >= 4 is 0 Å². The Bertz CT molecular complexity index is 318. The third-order valence-corrected chi connectivity index (χ3v) is 4.76. The molecule has 84 valence electrons. The zero-order valence-corrected chi connectivity index (χ0v) is 9.92. The lowest BCUT2D eigenvalue weighted by Crippen LogP contribution is -2.51. The van der Waals surface area contributed by atoms with Crippen LogP contribution in [0.1, 0.15) is 39.5 Å². The second kappa shape index (κ2) is 2.67. The Labute approximate surface area is 92.5 Å². The molecule has 0 aromatic carbocycles. The topological polar surface area (TPSA) is 29.3 Å². The Morgan fingerprint density at radius 1 is 1.53 bits per heavy atom. The molecule has 3 atom stereocenters. The van der Waals surface area contributed by atoms with Gasteiger partial charge in [-0.15, -0.1) is 0 Å². The van der Waals surface area contributed by atoms with E-state index in [-0.39, 0.29) is 11.2 Å². The van der Waals surface area contributed by atoms with Gasteiger partial charge in [0.2, 0.25) is 0 Å². The number of nitrogens with two attached hydrogens (primary N) is 1. The molecule has 1 aliphatic carbocycles. The van der Waals surface area contributed by atoms with Crippen LogP contribution < -0.4 is 5.73 Å². The predicted octanol–water partition coefficient (Wildman–Crippen LogP) is 2.11. The molecule has 0 bridgehead atoms. The fourth-order valence-electron chi connectivity index (χ4n) is 4.08. The lowest BCUT2D eigenvalue weighted by molar-refractivity contribution is 0.112. The van der Waals surface area contributed by atoms with E-state index >= 15 is 0 Å². The highest BCUT2D eigenvalue weighted by atomic mass is 15.4. The van der Waals surface area contributed by atoms with Gasteiger partial charge < -0.3 is 5.73 Å². The Balaban J connectivity index is 1.94. The van der Waals surface area contributed by atoms with Gasteiger partial charge in [0.05, 0.1) is 5.66 Å². The van der Waals surface area contributed by atoms with E-state index in [1.54, 1.807) is 0 Å². The molecular weight excluding hydrogens is 184 g/mol. The van der Waals surface area contributed by atoms with Crippen molar-refractivity contribution in [3.8, 4) is 0 Å². The lowest BCUT2D eigenvalue weighted by Gasteiger charge is -2.39. The summed E-state index contributed by atoms with van der Waals surface area (Å²) in [6.45, 7) is 10.1. The van der Waals surface area contributed by atoms with Gasteiger partial charge in [0.25, 0.3) is 0 Å². The van der Waals surface area contributed by atoms with Crippen LogP contribution in [-0.4, -0.2) is 22.6 Å². The Kier molecular flexibility index (Phi) is 1.75. The van der Waals surface area contributed by atoms with Gasteiger partial charge in [-0.25, -0.2) is 0 Å². The molecule has 0 amide bonds. The molecule has 2 N–H and O–H groups in total. The van der Waals surface area contributed by atoms with Gasteiger partial charge >= 0.3 is 0 Å². The standard InChI is InChI=1S/C13H22N2/c1-9(2)6-12-7-11-8-13(11,14)15(12)5-4-10(12)3/h9,11H,3-8,14H2,1-2H3. The zero-order chi connectivity index (χ0) is 10.8. The van der Waals surface area contributed by atoms with Crippen LogP contribution in [0, 0.1) is 11.8 Å². The van der Waals surface area contributed by atoms with Crippen molar-refractivity contribution in [1.82, 2.24) is 4.90 Å². The monoisotopic (exact) mass is 206 g/mol. The SMILES string of the molecule is C=C1CCN2C1(CC(C)C)CC1CC12N. The minimum Gasteiger partial charge on any atom is -0.313 e. The average Bonchev–Trinajstić information content (AvgIpc) is 2.52. The van der Waals surface area contributed by atoms with Crippen LogP contribution in [0.4, 0.5) is 0 Å². The maximum Gasteiger partial charge on any atom is 0.0729 e. The maximum absolute atomic E-state index is 6.44. The minimum atomic E-state index is 0.0638. The first kappa shape index (κ1) is 9.86. The van der Waals surface area contributed by atoms with Gasteiger partial charge in [-0.3, -0.25) is 4.90 Å². The first-order valence-corrected chi connectivity index (χ1v) is 6.24. The van der Waals surface area contributed by atoms with Gasteiger partial charge in [-0.05, 0) is 37.5 Å². The van der Waals surface area contributed by atoms with E-state index in [2.05, 4.69) is 25.3 Å². The molecule has 0 aromatic heterocycles. The summed E-state index contributed by atoms with van der Waals surface area (Å²) in [4.78, 5) is 2.59. The highest BCUT2D eigenvalue weighted by Gasteiger charge is 2.70. The van der Waals surface area contributed by atoms with Gasteiger partial charge in [0, 0.05) is 12.1 Å². The van der Waals surface area contributed by atoms with Crippen molar-refractivity contribution < 1.29 is 0 Å². The van der Waals surface area contributed by atoms with E-state index in [9.17, 15) is 0 Å².